The Morgan fingerprint density at radius 3 is 2.49 bits per heavy atom. The fourth-order valence-corrected chi connectivity index (χ4v) is 7.92. The smallest absolute Gasteiger partial charge is 0.259 e. The molecule has 1 aliphatic carbocycles. The lowest BCUT2D eigenvalue weighted by Gasteiger charge is -2.53. The third-order valence-corrected chi connectivity index (χ3v) is 10.1. The van der Waals surface area contributed by atoms with Crippen molar-refractivity contribution in [1.82, 2.24) is 35.0 Å². The maximum absolute atomic E-state index is 14.0. The van der Waals surface area contributed by atoms with Gasteiger partial charge in [0.15, 0.2) is 17.3 Å². The lowest BCUT2D eigenvalue weighted by Crippen LogP contribution is -2.72. The van der Waals surface area contributed by atoms with Crippen LogP contribution < -0.4 is 16.4 Å². The Hall–Kier alpha value is -2.34. The van der Waals surface area contributed by atoms with E-state index in [1.807, 2.05) is 0 Å². The number of nitrogens with one attached hydrogen (secondary N) is 2. The number of aromatic nitrogens is 3. The topological polar surface area (TPSA) is 113 Å². The fraction of sp³-hybridized carbons (Fsp3) is 0.767. The first-order valence-electron chi connectivity index (χ1n) is 15.9. The molecule has 4 fully saturated rings. The molecule has 4 N–H and O–H groups in total. The molecule has 0 aromatic carbocycles. The van der Waals surface area contributed by atoms with E-state index in [-0.39, 0.29) is 40.6 Å². The highest BCUT2D eigenvalue weighted by Gasteiger charge is 2.48. The Balaban J connectivity index is 1.24. The van der Waals surface area contributed by atoms with Crippen LogP contribution in [0, 0.1) is 5.82 Å². The minimum atomic E-state index is -0.527. The Kier molecular flexibility index (Phi) is 8.76. The number of halogens is 1. The van der Waals surface area contributed by atoms with E-state index in [0.717, 1.165) is 90.3 Å². The number of hydrogen-bond donors (Lipinski definition) is 3. The summed E-state index contributed by atoms with van der Waals surface area (Å²) >= 11 is 0. The number of carbonyl (C=O) groups excluding carboxylic acids is 1. The van der Waals surface area contributed by atoms with Crippen LogP contribution in [0.1, 0.15) is 87.4 Å². The van der Waals surface area contributed by atoms with Crippen LogP contribution in [0.2, 0.25) is 0 Å². The third kappa shape index (κ3) is 6.23. The molecule has 4 aliphatic rings. The van der Waals surface area contributed by atoms with E-state index < -0.39 is 5.82 Å². The van der Waals surface area contributed by atoms with Crippen LogP contribution >= 0.6 is 0 Å². The highest BCUT2D eigenvalue weighted by molar-refractivity contribution is 6.04. The van der Waals surface area contributed by atoms with E-state index in [4.69, 9.17) is 10.5 Å². The van der Waals surface area contributed by atoms with Crippen molar-refractivity contribution in [3.63, 3.8) is 0 Å². The van der Waals surface area contributed by atoms with E-state index in [0.29, 0.717) is 12.2 Å². The molecule has 3 saturated heterocycles. The quantitative estimate of drug-likeness (QED) is 0.503. The van der Waals surface area contributed by atoms with Crippen LogP contribution in [0.15, 0.2) is 12.4 Å². The minimum absolute atomic E-state index is 0.0694. The average molecular weight is 571 g/mol. The van der Waals surface area contributed by atoms with Gasteiger partial charge in [0.1, 0.15) is 5.56 Å². The van der Waals surface area contributed by atoms with Gasteiger partial charge in [0, 0.05) is 37.8 Å². The number of anilines is 1. The van der Waals surface area contributed by atoms with Gasteiger partial charge in [0.25, 0.3) is 5.91 Å². The largest absolute Gasteiger partial charge is 0.381 e. The molecular weight excluding hydrogens is 523 g/mol. The van der Waals surface area contributed by atoms with Gasteiger partial charge in [-0.1, -0.05) is 38.5 Å². The van der Waals surface area contributed by atoms with Crippen molar-refractivity contribution in [2.45, 2.75) is 107 Å². The highest BCUT2D eigenvalue weighted by atomic mass is 19.1. The van der Waals surface area contributed by atoms with Crippen molar-refractivity contribution in [1.29, 1.82) is 0 Å². The number of nitrogens with zero attached hydrogens (tertiary/aromatic N) is 5. The van der Waals surface area contributed by atoms with E-state index in [9.17, 15) is 9.18 Å². The lowest BCUT2D eigenvalue weighted by atomic mass is 9.73. The first-order valence-corrected chi connectivity index (χ1v) is 15.9. The Bertz CT molecular complexity index is 1190. The van der Waals surface area contributed by atoms with Crippen LogP contribution in [-0.4, -0.2) is 99.9 Å². The number of hydrogen-bond acceptors (Lipinski definition) is 8. The molecular formula is C30H47FN8O2. The highest BCUT2D eigenvalue weighted by Crippen LogP contribution is 2.36. The predicted molar refractivity (Wildman–Crippen MR) is 156 cm³/mol. The molecule has 3 atom stereocenters. The number of piperidine rings is 2. The molecule has 2 unspecified atom stereocenters. The summed E-state index contributed by atoms with van der Waals surface area (Å²) in [6.07, 6.45) is 16.5. The summed E-state index contributed by atoms with van der Waals surface area (Å²) in [5, 5.41) is 11.6. The number of amides is 1. The van der Waals surface area contributed by atoms with Crippen LogP contribution in [0.5, 0.6) is 0 Å². The lowest BCUT2D eigenvalue weighted by molar-refractivity contribution is -0.0517. The maximum Gasteiger partial charge on any atom is 0.259 e. The number of rotatable bonds is 5. The SMILES string of the molecule is CN1CC[C@@H](OC2CCN(C3CCNC4(CCCCCCCC4)C3NC(=O)c3c(N)nn4cc(F)cnc34)CC2)C1. The van der Waals surface area contributed by atoms with Gasteiger partial charge in [0.05, 0.1) is 30.6 Å². The average Bonchev–Trinajstić information content (AvgIpc) is 3.54. The molecule has 2 aromatic heterocycles. The summed E-state index contributed by atoms with van der Waals surface area (Å²) in [6, 6.07) is 0.130. The molecule has 226 valence electrons. The third-order valence-electron chi connectivity index (χ3n) is 10.1. The zero-order valence-electron chi connectivity index (χ0n) is 24.5. The number of fused-ring (bicyclic) bond motifs is 1. The number of carbonyl (C=O) groups is 1. The number of ether oxygens (including phenoxy) is 1. The zero-order valence-corrected chi connectivity index (χ0v) is 24.5. The molecule has 10 nitrogen and oxygen atoms in total. The van der Waals surface area contributed by atoms with E-state index in [2.05, 4.69) is 37.6 Å². The van der Waals surface area contributed by atoms with Gasteiger partial charge in [0.2, 0.25) is 0 Å². The summed E-state index contributed by atoms with van der Waals surface area (Å²) in [6.45, 7) is 5.03. The summed E-state index contributed by atoms with van der Waals surface area (Å²) in [7, 11) is 2.17. The normalized spacial score (nSPS) is 28.9. The number of likely N-dealkylation sites (N-methyl/N-ethyl adjacent to an activating group) is 1. The van der Waals surface area contributed by atoms with Gasteiger partial charge in [-0.25, -0.2) is 13.9 Å². The second kappa shape index (κ2) is 12.5. The van der Waals surface area contributed by atoms with Crippen LogP contribution in [-0.2, 0) is 4.74 Å². The summed E-state index contributed by atoms with van der Waals surface area (Å²) in [4.78, 5) is 23.1. The van der Waals surface area contributed by atoms with Crippen molar-refractivity contribution in [2.24, 2.45) is 0 Å². The molecule has 3 aliphatic heterocycles. The van der Waals surface area contributed by atoms with Crippen molar-refractivity contribution in [2.75, 3.05) is 45.5 Å². The molecule has 2 aromatic rings. The van der Waals surface area contributed by atoms with Gasteiger partial charge in [-0.15, -0.1) is 5.10 Å². The van der Waals surface area contributed by atoms with Crippen LogP contribution in [0.4, 0.5) is 10.2 Å². The standard InChI is InChI=1S/C30H47FN8O2/c1-37-15-9-23(20-37)41-22-10-16-38(17-11-22)24-8-14-34-30(12-6-4-2-3-5-7-13-30)26(24)35-29(40)25-27(32)36-39-19-21(31)18-33-28(25)39/h18-19,22-24,26,34H,2-17,20H2,1H3,(H2,32,36)(H,35,40)/t23-,24?,26?/m1/s1. The molecule has 41 heavy (non-hydrogen) atoms. The zero-order chi connectivity index (χ0) is 28.4. The summed E-state index contributed by atoms with van der Waals surface area (Å²) < 4.78 is 21.6. The van der Waals surface area contributed by atoms with E-state index in [1.165, 1.54) is 36.4 Å². The number of likely N-dealkylation sites (tertiary alicyclic amines) is 2. The van der Waals surface area contributed by atoms with Crippen LogP contribution in [0.25, 0.3) is 5.65 Å². The van der Waals surface area contributed by atoms with Gasteiger partial charge in [-0.2, -0.15) is 0 Å². The molecule has 5 heterocycles. The Morgan fingerprint density at radius 2 is 1.78 bits per heavy atom. The second-order valence-electron chi connectivity index (χ2n) is 12.9. The Labute approximate surface area is 242 Å². The van der Waals surface area contributed by atoms with Gasteiger partial charge >= 0.3 is 0 Å². The molecule has 0 bridgehead atoms. The van der Waals surface area contributed by atoms with Gasteiger partial charge in [-0.3, -0.25) is 9.69 Å². The van der Waals surface area contributed by atoms with E-state index in [1.54, 1.807) is 0 Å². The van der Waals surface area contributed by atoms with Crippen molar-refractivity contribution in [3.05, 3.63) is 23.8 Å². The molecule has 1 spiro atoms. The first kappa shape index (κ1) is 28.8. The maximum atomic E-state index is 14.0. The summed E-state index contributed by atoms with van der Waals surface area (Å²) in [5.41, 5.74) is 6.54. The van der Waals surface area contributed by atoms with Gasteiger partial charge < -0.3 is 26.0 Å². The van der Waals surface area contributed by atoms with E-state index >= 15 is 0 Å². The number of nitrogen functional groups attached to an aromatic ring is 1. The fourth-order valence-electron chi connectivity index (χ4n) is 7.92. The van der Waals surface area contributed by atoms with Crippen molar-refractivity contribution >= 4 is 17.4 Å². The molecule has 11 heteroatoms. The van der Waals surface area contributed by atoms with Gasteiger partial charge in [-0.05, 0) is 52.1 Å². The molecule has 0 radical (unpaired) electrons. The number of nitrogens with two attached hydrogens (primary N) is 1. The summed E-state index contributed by atoms with van der Waals surface area (Å²) in [5.74, 6) is -0.738. The van der Waals surface area contributed by atoms with Crippen LogP contribution in [0.3, 0.4) is 0 Å². The predicted octanol–water partition coefficient (Wildman–Crippen LogP) is 2.97. The van der Waals surface area contributed by atoms with Crippen molar-refractivity contribution in [3.8, 4) is 0 Å². The molecule has 1 saturated carbocycles. The molecule has 1 amide bonds. The minimum Gasteiger partial charge on any atom is -0.381 e. The second-order valence-corrected chi connectivity index (χ2v) is 12.9. The Morgan fingerprint density at radius 1 is 1.07 bits per heavy atom. The molecule has 6 rings (SSSR count). The monoisotopic (exact) mass is 570 g/mol. The van der Waals surface area contributed by atoms with Crippen molar-refractivity contribution < 1.29 is 13.9 Å². The first-order chi connectivity index (χ1) is 19.9.